The Hall–Kier alpha value is -3.30. The van der Waals surface area contributed by atoms with Crippen molar-refractivity contribution in [2.45, 2.75) is 84.3 Å². The van der Waals surface area contributed by atoms with Crippen molar-refractivity contribution >= 4 is 52.5 Å². The number of hydrogen-bond donors (Lipinski definition) is 1. The van der Waals surface area contributed by atoms with Gasteiger partial charge in [-0.2, -0.15) is 0 Å². The third-order valence-corrected chi connectivity index (χ3v) is 16.5. The highest BCUT2D eigenvalue weighted by Crippen LogP contribution is 2.50. The molecule has 1 aliphatic carbocycles. The number of halogens is 1. The first-order valence-corrected chi connectivity index (χ1v) is 21.3. The van der Waals surface area contributed by atoms with Crippen LogP contribution in [0, 0.1) is 17.8 Å². The van der Waals surface area contributed by atoms with Gasteiger partial charge in [0.15, 0.2) is 0 Å². The number of ether oxygens (including phenoxy) is 1. The summed E-state index contributed by atoms with van der Waals surface area (Å²) in [6, 6.07) is 26.8. The Morgan fingerprint density at radius 3 is 2.22 bits per heavy atom. The van der Waals surface area contributed by atoms with Crippen molar-refractivity contribution < 1.29 is 23.9 Å². The number of amides is 2. The molecule has 8 heteroatoms. The molecule has 0 saturated carbocycles. The molecule has 1 N–H and O–H groups in total. The highest BCUT2D eigenvalue weighted by Gasteiger charge is 2.57. The standard InChI is InChI=1S/C43H52BrNO5Si/c1-6-14-29(24-30-25-32(44)20-21-37(30)46)19-22-38-39-31(26-35-40(36(39)28-49-38)42(48)45(23-7-2)41(35)47)27-50-51(43(3,4)5,33-15-10-8-11-16-33)34-17-12-9-13-18-34/h8-13,15-18,20-21,24-25,35-36,38,40,46H,6-7,14,19,22-23,26-28H2,1-5H3/b29-24+/t35-,36+,38-,40-/m1/s1. The van der Waals surface area contributed by atoms with Crippen LogP contribution < -0.4 is 10.4 Å². The molecule has 3 aromatic rings. The van der Waals surface area contributed by atoms with Crippen molar-refractivity contribution in [1.29, 1.82) is 0 Å². The number of aromatic hydroxyl groups is 1. The quantitative estimate of drug-likeness (QED) is 0.107. The molecular weight excluding hydrogens is 718 g/mol. The molecule has 0 unspecified atom stereocenters. The van der Waals surface area contributed by atoms with Gasteiger partial charge in [0.05, 0.1) is 31.2 Å². The lowest BCUT2D eigenvalue weighted by molar-refractivity contribution is -0.140. The molecule has 6 rings (SSSR count). The molecule has 2 aliphatic heterocycles. The molecule has 0 aromatic heterocycles. The van der Waals surface area contributed by atoms with Crippen molar-refractivity contribution in [2.75, 3.05) is 19.8 Å². The Bertz CT molecular complexity index is 1740. The first-order chi connectivity index (χ1) is 24.5. The maximum absolute atomic E-state index is 13.9. The number of fused-ring (bicyclic) bond motifs is 3. The Morgan fingerprint density at radius 1 is 0.941 bits per heavy atom. The summed E-state index contributed by atoms with van der Waals surface area (Å²) in [6.45, 7) is 12.3. The number of likely N-dealkylation sites (tertiary alicyclic amines) is 1. The molecule has 0 radical (unpaired) electrons. The van der Waals surface area contributed by atoms with Gasteiger partial charge in [0.2, 0.25) is 11.8 Å². The van der Waals surface area contributed by atoms with Crippen molar-refractivity contribution in [3.63, 3.8) is 0 Å². The lowest BCUT2D eigenvalue weighted by Gasteiger charge is -2.44. The largest absolute Gasteiger partial charge is 0.507 e. The summed E-state index contributed by atoms with van der Waals surface area (Å²) >= 11 is 3.55. The number of benzene rings is 3. The van der Waals surface area contributed by atoms with Gasteiger partial charge < -0.3 is 14.3 Å². The predicted molar refractivity (Wildman–Crippen MR) is 210 cm³/mol. The molecule has 0 bridgehead atoms. The van der Waals surface area contributed by atoms with Crippen LogP contribution in [0.4, 0.5) is 0 Å². The van der Waals surface area contributed by atoms with Gasteiger partial charge in [-0.3, -0.25) is 14.5 Å². The van der Waals surface area contributed by atoms with Crippen LogP contribution in [0.3, 0.4) is 0 Å². The van der Waals surface area contributed by atoms with Crippen LogP contribution in [-0.2, 0) is 18.8 Å². The first kappa shape index (κ1) is 37.5. The second kappa shape index (κ2) is 15.7. The van der Waals surface area contributed by atoms with Crippen LogP contribution in [0.25, 0.3) is 6.08 Å². The minimum Gasteiger partial charge on any atom is -0.507 e. The van der Waals surface area contributed by atoms with Crippen LogP contribution in [0.2, 0.25) is 5.04 Å². The van der Waals surface area contributed by atoms with Crippen molar-refractivity contribution in [3.8, 4) is 5.75 Å². The van der Waals surface area contributed by atoms with Crippen molar-refractivity contribution in [3.05, 3.63) is 106 Å². The third kappa shape index (κ3) is 7.35. The summed E-state index contributed by atoms with van der Waals surface area (Å²) in [5.74, 6) is -0.731. The molecule has 2 amide bonds. The van der Waals surface area contributed by atoms with Crippen molar-refractivity contribution in [2.24, 2.45) is 17.8 Å². The topological polar surface area (TPSA) is 76.1 Å². The second-order valence-corrected chi connectivity index (χ2v) is 20.6. The number of rotatable bonds is 13. The molecule has 3 aliphatic rings. The third-order valence-electron chi connectivity index (χ3n) is 11.1. The smallest absolute Gasteiger partial charge is 0.261 e. The zero-order chi connectivity index (χ0) is 36.3. The summed E-state index contributed by atoms with van der Waals surface area (Å²) in [7, 11) is -2.86. The van der Waals surface area contributed by atoms with Gasteiger partial charge in [-0.25, -0.2) is 0 Å². The minimum atomic E-state index is -2.86. The van der Waals surface area contributed by atoms with Gasteiger partial charge in [0, 0.05) is 22.5 Å². The fraction of sp³-hybridized carbons (Fsp3) is 0.442. The van der Waals surface area contributed by atoms with Gasteiger partial charge in [-0.1, -0.05) is 129 Å². The minimum absolute atomic E-state index is 0.0396. The molecule has 2 saturated heterocycles. The van der Waals surface area contributed by atoms with E-state index >= 15 is 0 Å². The fourth-order valence-corrected chi connectivity index (χ4v) is 13.8. The van der Waals surface area contributed by atoms with E-state index in [0.717, 1.165) is 47.7 Å². The Morgan fingerprint density at radius 2 is 1.61 bits per heavy atom. The van der Waals surface area contributed by atoms with E-state index in [2.05, 4.69) is 110 Å². The average molecular weight is 771 g/mol. The normalized spacial score (nSPS) is 22.5. The van der Waals surface area contributed by atoms with E-state index in [1.165, 1.54) is 26.4 Å². The average Bonchev–Trinajstić information content (AvgIpc) is 3.64. The highest BCUT2D eigenvalue weighted by atomic mass is 79.9. The van der Waals surface area contributed by atoms with Crippen LogP contribution in [0.5, 0.6) is 5.75 Å². The maximum Gasteiger partial charge on any atom is 0.261 e. The van der Waals surface area contributed by atoms with Crippen LogP contribution >= 0.6 is 15.9 Å². The maximum atomic E-state index is 13.9. The molecule has 3 aromatic carbocycles. The summed E-state index contributed by atoms with van der Waals surface area (Å²) < 4.78 is 15.0. The van der Waals surface area contributed by atoms with Gasteiger partial charge in [-0.05, 0) is 76.9 Å². The Kier molecular flexibility index (Phi) is 11.6. The Labute approximate surface area is 313 Å². The zero-order valence-corrected chi connectivity index (χ0v) is 33.2. The van der Waals surface area contributed by atoms with Crippen LogP contribution in [-0.4, -0.2) is 56.0 Å². The van der Waals surface area contributed by atoms with E-state index in [4.69, 9.17) is 9.16 Å². The number of carbonyl (C=O) groups excluding carboxylic acids is 2. The number of allylic oxidation sites excluding steroid dienone is 1. The van der Waals surface area contributed by atoms with Gasteiger partial charge >= 0.3 is 0 Å². The van der Waals surface area contributed by atoms with Gasteiger partial charge in [-0.15, -0.1) is 0 Å². The van der Waals surface area contributed by atoms with E-state index in [-0.39, 0.29) is 46.5 Å². The summed E-state index contributed by atoms with van der Waals surface area (Å²) in [5.41, 5.74) is 4.35. The predicted octanol–water partition coefficient (Wildman–Crippen LogP) is 8.42. The number of phenolic OH excluding ortho intramolecular Hbond substituents is 1. The van der Waals surface area contributed by atoms with Crippen LogP contribution in [0.1, 0.15) is 78.7 Å². The lowest BCUT2D eigenvalue weighted by Crippen LogP contribution is -2.66. The monoisotopic (exact) mass is 769 g/mol. The molecule has 4 atom stereocenters. The van der Waals surface area contributed by atoms with Gasteiger partial charge in [0.25, 0.3) is 8.32 Å². The summed E-state index contributed by atoms with van der Waals surface area (Å²) in [5, 5.41) is 12.8. The van der Waals surface area contributed by atoms with E-state index in [9.17, 15) is 14.7 Å². The SMILES string of the molecule is CCC/C(=C\c1cc(Br)ccc1O)CC[C@H]1OC[C@H]2C1=C(CO[Si](c1ccccc1)(c1ccccc1)C(C)(C)C)C[C@H]1C(=O)N(CCC)C(=O)[C@H]12. The van der Waals surface area contributed by atoms with E-state index in [1.807, 2.05) is 19.1 Å². The molecule has 51 heavy (non-hydrogen) atoms. The molecule has 6 nitrogen and oxygen atoms in total. The van der Waals surface area contributed by atoms with E-state index in [1.54, 1.807) is 6.07 Å². The lowest BCUT2D eigenvalue weighted by atomic mass is 9.69. The van der Waals surface area contributed by atoms with Crippen LogP contribution in [0.15, 0.2) is 100 Å². The number of hydrogen-bond acceptors (Lipinski definition) is 5. The second-order valence-electron chi connectivity index (χ2n) is 15.4. The van der Waals surface area contributed by atoms with E-state index in [0.29, 0.717) is 26.2 Å². The molecule has 0 spiro atoms. The fourth-order valence-electron chi connectivity index (χ4n) is 8.84. The number of phenols is 1. The molecular formula is C43H52BrNO5Si. The zero-order valence-electron chi connectivity index (χ0n) is 30.7. The number of nitrogens with zero attached hydrogens (tertiary/aromatic N) is 1. The first-order valence-electron chi connectivity index (χ1n) is 18.6. The summed E-state index contributed by atoms with van der Waals surface area (Å²) in [4.78, 5) is 29.3. The van der Waals surface area contributed by atoms with Crippen molar-refractivity contribution in [1.82, 2.24) is 4.90 Å². The Balaban J connectivity index is 1.39. The molecule has 2 heterocycles. The van der Waals surface area contributed by atoms with E-state index < -0.39 is 8.32 Å². The highest BCUT2D eigenvalue weighted by molar-refractivity contribution is 9.10. The summed E-state index contributed by atoms with van der Waals surface area (Å²) in [6.07, 6.45) is 6.65. The molecule has 2 fully saturated rings. The molecule has 270 valence electrons. The number of imide groups is 1. The van der Waals surface area contributed by atoms with Gasteiger partial charge in [0.1, 0.15) is 5.75 Å². The number of carbonyl (C=O) groups is 2.